The van der Waals surface area contributed by atoms with Crippen LogP contribution < -0.4 is 0 Å². The van der Waals surface area contributed by atoms with Gasteiger partial charge in [0, 0.05) is 24.2 Å². The molecule has 0 aromatic carbocycles. The van der Waals surface area contributed by atoms with E-state index in [1.54, 1.807) is 0 Å². The molecule has 3 heterocycles. The molecule has 1 saturated heterocycles. The lowest BCUT2D eigenvalue weighted by Crippen LogP contribution is -2.37. The number of piperidine rings is 1. The molecule has 5 nitrogen and oxygen atoms in total. The first-order valence-electron chi connectivity index (χ1n) is 9.23. The molecule has 5 heteroatoms. The van der Waals surface area contributed by atoms with Gasteiger partial charge in [0.2, 0.25) is 0 Å². The van der Waals surface area contributed by atoms with Gasteiger partial charge in [0.05, 0.1) is 16.6 Å². The van der Waals surface area contributed by atoms with Crippen LogP contribution in [0.2, 0.25) is 0 Å². The number of likely N-dealkylation sites (tertiary alicyclic amines) is 1. The monoisotopic (exact) mass is 325 g/mol. The van der Waals surface area contributed by atoms with Crippen molar-refractivity contribution in [3.8, 4) is 0 Å². The predicted octanol–water partition coefficient (Wildman–Crippen LogP) is 3.85. The van der Waals surface area contributed by atoms with Gasteiger partial charge in [-0.15, -0.1) is 0 Å². The third-order valence-corrected chi connectivity index (χ3v) is 5.94. The highest BCUT2D eigenvalue weighted by molar-refractivity contribution is 6.06. The Morgan fingerprint density at radius 3 is 2.75 bits per heavy atom. The molecule has 126 valence electrons. The Labute approximate surface area is 141 Å². The van der Waals surface area contributed by atoms with Crippen LogP contribution in [0.15, 0.2) is 10.6 Å². The molecule has 2 saturated carbocycles. The quantitative estimate of drug-likeness (QED) is 0.860. The van der Waals surface area contributed by atoms with Crippen molar-refractivity contribution < 1.29 is 9.32 Å². The number of nitrogens with zero attached hydrogens (tertiary/aromatic N) is 3. The van der Waals surface area contributed by atoms with Crippen LogP contribution in [0.5, 0.6) is 0 Å². The third kappa shape index (κ3) is 2.10. The van der Waals surface area contributed by atoms with Crippen molar-refractivity contribution in [1.82, 2.24) is 15.0 Å². The highest BCUT2D eigenvalue weighted by atomic mass is 16.5. The second kappa shape index (κ2) is 5.04. The fraction of sp³-hybridized carbons (Fsp3) is 0.632. The van der Waals surface area contributed by atoms with Gasteiger partial charge in [-0.25, -0.2) is 4.98 Å². The number of rotatable bonds is 3. The molecule has 2 bridgehead atoms. The van der Waals surface area contributed by atoms with Crippen molar-refractivity contribution in [2.45, 2.75) is 63.8 Å². The van der Waals surface area contributed by atoms with Crippen LogP contribution >= 0.6 is 0 Å². The van der Waals surface area contributed by atoms with Crippen LogP contribution in [0.1, 0.15) is 79.5 Å². The van der Waals surface area contributed by atoms with Gasteiger partial charge in [-0.3, -0.25) is 4.79 Å². The summed E-state index contributed by atoms with van der Waals surface area (Å²) in [5.74, 6) is 1.55. The zero-order valence-electron chi connectivity index (χ0n) is 14.3. The molecule has 0 radical (unpaired) electrons. The maximum absolute atomic E-state index is 13.3. The molecular weight excluding hydrogens is 302 g/mol. The summed E-state index contributed by atoms with van der Waals surface area (Å²) in [4.78, 5) is 20.1. The number of fused-ring (bicyclic) bond motifs is 3. The molecule has 3 fully saturated rings. The van der Waals surface area contributed by atoms with Gasteiger partial charge in [-0.05, 0) is 50.0 Å². The van der Waals surface area contributed by atoms with Crippen molar-refractivity contribution in [3.05, 3.63) is 23.0 Å². The van der Waals surface area contributed by atoms with E-state index in [2.05, 4.69) is 28.9 Å². The van der Waals surface area contributed by atoms with Crippen LogP contribution in [0.3, 0.4) is 0 Å². The minimum absolute atomic E-state index is 0.154. The summed E-state index contributed by atoms with van der Waals surface area (Å²) in [5.41, 5.74) is 3.16. The Morgan fingerprint density at radius 1 is 1.29 bits per heavy atom. The topological polar surface area (TPSA) is 59.2 Å². The molecule has 3 aliphatic rings. The first-order chi connectivity index (χ1) is 11.6. The van der Waals surface area contributed by atoms with Gasteiger partial charge in [-0.1, -0.05) is 19.0 Å². The normalized spacial score (nSPS) is 26.0. The summed E-state index contributed by atoms with van der Waals surface area (Å²) in [7, 11) is 0. The Bertz CT molecular complexity index is 821. The maximum Gasteiger partial charge on any atom is 0.259 e. The number of hydrogen-bond donors (Lipinski definition) is 0. The molecular formula is C19H23N3O2. The zero-order valence-corrected chi connectivity index (χ0v) is 14.3. The Morgan fingerprint density at radius 2 is 2.12 bits per heavy atom. The molecule has 1 amide bonds. The third-order valence-electron chi connectivity index (χ3n) is 5.94. The maximum atomic E-state index is 13.3. The molecule has 24 heavy (non-hydrogen) atoms. The van der Waals surface area contributed by atoms with Gasteiger partial charge < -0.3 is 9.42 Å². The molecule has 2 aromatic rings. The smallest absolute Gasteiger partial charge is 0.259 e. The fourth-order valence-electron chi connectivity index (χ4n) is 4.47. The molecule has 0 N–H and O–H groups in total. The summed E-state index contributed by atoms with van der Waals surface area (Å²) in [6, 6.07) is 2.45. The molecule has 1 aliphatic heterocycles. The average Bonchev–Trinajstić information content (AvgIpc) is 3.02. The molecule has 0 unspecified atom stereocenters. The van der Waals surface area contributed by atoms with E-state index in [9.17, 15) is 4.79 Å². The van der Waals surface area contributed by atoms with Crippen LogP contribution in [0.25, 0.3) is 11.1 Å². The van der Waals surface area contributed by atoms with Crippen LogP contribution in [-0.2, 0) is 0 Å². The van der Waals surface area contributed by atoms with E-state index in [1.807, 2.05) is 6.07 Å². The van der Waals surface area contributed by atoms with E-state index < -0.39 is 0 Å². The molecule has 5 rings (SSSR count). The minimum atomic E-state index is 0.154. The summed E-state index contributed by atoms with van der Waals surface area (Å²) >= 11 is 0. The number of carbonyl (C=O) groups excluding carboxylic acids is 1. The van der Waals surface area contributed by atoms with Crippen molar-refractivity contribution >= 4 is 17.0 Å². The number of amides is 1. The second-order valence-electron chi connectivity index (χ2n) is 8.06. The SMILES string of the molecule is CC(C)c1noc2nc(C3CC3)cc(C(=O)N3C[C@@H]4CC[C@@H]3C4)c12. The Balaban J connectivity index is 1.64. The average molecular weight is 325 g/mol. The standard InChI is InChI=1S/C19H23N3O2/c1-10(2)17-16-14(19(23)22-9-11-3-6-13(22)7-11)8-15(12-4-5-12)20-18(16)24-21-17/h8,10-13H,3-7,9H2,1-2H3/t11-,13-/m1/s1. The predicted molar refractivity (Wildman–Crippen MR) is 90.0 cm³/mol. The van der Waals surface area contributed by atoms with Gasteiger partial charge >= 0.3 is 0 Å². The van der Waals surface area contributed by atoms with Gasteiger partial charge in [0.25, 0.3) is 11.6 Å². The van der Waals surface area contributed by atoms with E-state index >= 15 is 0 Å². The van der Waals surface area contributed by atoms with Crippen molar-refractivity contribution in [3.63, 3.8) is 0 Å². The highest BCUT2D eigenvalue weighted by Gasteiger charge is 2.41. The molecule has 0 spiro atoms. The van der Waals surface area contributed by atoms with Crippen molar-refractivity contribution in [2.75, 3.05) is 6.54 Å². The summed E-state index contributed by atoms with van der Waals surface area (Å²) < 4.78 is 5.51. The molecule has 2 aliphatic carbocycles. The fourth-order valence-corrected chi connectivity index (χ4v) is 4.47. The Hall–Kier alpha value is -1.91. The Kier molecular flexibility index (Phi) is 3.03. The largest absolute Gasteiger partial charge is 0.335 e. The minimum Gasteiger partial charge on any atom is -0.335 e. The van der Waals surface area contributed by atoms with E-state index in [-0.39, 0.29) is 11.8 Å². The summed E-state index contributed by atoms with van der Waals surface area (Å²) in [5, 5.41) is 5.06. The van der Waals surface area contributed by atoms with E-state index in [0.717, 1.165) is 48.1 Å². The second-order valence-corrected chi connectivity index (χ2v) is 8.06. The molecule has 2 atom stereocenters. The van der Waals surface area contributed by atoms with Gasteiger partial charge in [-0.2, -0.15) is 0 Å². The first kappa shape index (κ1) is 14.4. The number of carbonyl (C=O) groups is 1. The highest BCUT2D eigenvalue weighted by Crippen LogP contribution is 2.42. The van der Waals surface area contributed by atoms with Crippen LogP contribution in [-0.4, -0.2) is 33.5 Å². The van der Waals surface area contributed by atoms with Crippen molar-refractivity contribution in [2.24, 2.45) is 5.92 Å². The summed E-state index contributed by atoms with van der Waals surface area (Å²) in [6.45, 7) is 5.07. The van der Waals surface area contributed by atoms with E-state index in [0.29, 0.717) is 23.6 Å². The van der Waals surface area contributed by atoms with Crippen LogP contribution in [0.4, 0.5) is 0 Å². The van der Waals surface area contributed by atoms with Crippen LogP contribution in [0, 0.1) is 5.92 Å². The number of aromatic nitrogens is 2. The van der Waals surface area contributed by atoms with Gasteiger partial charge in [0.1, 0.15) is 0 Å². The number of hydrogen-bond acceptors (Lipinski definition) is 4. The lowest BCUT2D eigenvalue weighted by Gasteiger charge is -2.27. The zero-order chi connectivity index (χ0) is 16.4. The lowest BCUT2D eigenvalue weighted by molar-refractivity contribution is 0.0705. The summed E-state index contributed by atoms with van der Waals surface area (Å²) in [6.07, 6.45) is 5.92. The first-order valence-corrected chi connectivity index (χ1v) is 9.23. The van der Waals surface area contributed by atoms with E-state index in [1.165, 1.54) is 12.8 Å². The number of pyridine rings is 1. The lowest BCUT2D eigenvalue weighted by atomic mass is 10.0. The van der Waals surface area contributed by atoms with Crippen molar-refractivity contribution in [1.29, 1.82) is 0 Å². The molecule has 2 aromatic heterocycles. The van der Waals surface area contributed by atoms with E-state index in [4.69, 9.17) is 4.52 Å². The van der Waals surface area contributed by atoms with Gasteiger partial charge in [0.15, 0.2) is 0 Å².